The average molecular weight is 388 g/mol. The Bertz CT molecular complexity index is 970. The lowest BCUT2D eigenvalue weighted by Gasteiger charge is -2.11. The molecule has 0 aliphatic heterocycles. The third-order valence-corrected chi connectivity index (χ3v) is 4.94. The zero-order valence-electron chi connectivity index (χ0n) is 16.5. The quantitative estimate of drug-likeness (QED) is 0.636. The van der Waals surface area contributed by atoms with Crippen molar-refractivity contribution in [2.24, 2.45) is 0 Å². The molecule has 0 saturated heterocycles. The summed E-state index contributed by atoms with van der Waals surface area (Å²) in [5, 5.41) is 2.91. The van der Waals surface area contributed by atoms with Crippen molar-refractivity contribution in [3.05, 3.63) is 66.2 Å². The number of methoxy groups -OCH3 is 1. The smallest absolute Gasteiger partial charge is 0.222 e. The summed E-state index contributed by atoms with van der Waals surface area (Å²) in [6.07, 6.45) is 6.35. The van der Waals surface area contributed by atoms with Gasteiger partial charge in [0, 0.05) is 49.5 Å². The number of carbonyl (C=O) groups is 1. The van der Waals surface area contributed by atoms with Gasteiger partial charge in [0.15, 0.2) is 0 Å². The van der Waals surface area contributed by atoms with Crippen LogP contribution in [-0.4, -0.2) is 34.6 Å². The van der Waals surface area contributed by atoms with Crippen LogP contribution in [0.1, 0.15) is 36.6 Å². The molecular formula is C23H24N4O2. The predicted molar refractivity (Wildman–Crippen MR) is 111 cm³/mol. The highest BCUT2D eigenvalue weighted by Gasteiger charge is 2.27. The van der Waals surface area contributed by atoms with Gasteiger partial charge in [-0.2, -0.15) is 0 Å². The average Bonchev–Trinajstić information content (AvgIpc) is 3.62. The fourth-order valence-electron chi connectivity index (χ4n) is 3.13. The van der Waals surface area contributed by atoms with Crippen LogP contribution in [0.2, 0.25) is 0 Å². The number of carbonyl (C=O) groups excluding carboxylic acids is 1. The standard InChI is InChI=1S/C23H24N4O2/c1-29-13-11-21(28)25-14-16-5-7-17(8-6-16)22-19(20-4-2-3-12-24-20)15-26-23(27-22)18-9-10-18/h2-8,12,15,18H,9-11,13-14H2,1H3,(H,25,28). The monoisotopic (exact) mass is 388 g/mol. The molecule has 0 atom stereocenters. The van der Waals surface area contributed by atoms with Crippen LogP contribution in [0.5, 0.6) is 0 Å². The van der Waals surface area contributed by atoms with Gasteiger partial charge >= 0.3 is 0 Å². The van der Waals surface area contributed by atoms with Crippen molar-refractivity contribution in [2.75, 3.05) is 13.7 Å². The molecule has 1 saturated carbocycles. The summed E-state index contributed by atoms with van der Waals surface area (Å²) in [4.78, 5) is 25.7. The highest BCUT2D eigenvalue weighted by atomic mass is 16.5. The predicted octanol–water partition coefficient (Wildman–Crippen LogP) is 3.74. The first-order valence-corrected chi connectivity index (χ1v) is 9.88. The van der Waals surface area contributed by atoms with E-state index >= 15 is 0 Å². The van der Waals surface area contributed by atoms with E-state index in [0.717, 1.165) is 46.7 Å². The molecule has 1 amide bonds. The van der Waals surface area contributed by atoms with Crippen LogP contribution >= 0.6 is 0 Å². The Kier molecular flexibility index (Phi) is 5.91. The second-order valence-corrected chi connectivity index (χ2v) is 7.20. The second kappa shape index (κ2) is 8.92. The summed E-state index contributed by atoms with van der Waals surface area (Å²) in [6, 6.07) is 14.0. The maximum Gasteiger partial charge on any atom is 0.222 e. The molecular weight excluding hydrogens is 364 g/mol. The summed E-state index contributed by atoms with van der Waals surface area (Å²) >= 11 is 0. The van der Waals surface area contributed by atoms with Crippen molar-refractivity contribution in [2.45, 2.75) is 31.7 Å². The summed E-state index contributed by atoms with van der Waals surface area (Å²) in [7, 11) is 1.59. The van der Waals surface area contributed by atoms with Crippen molar-refractivity contribution >= 4 is 5.91 Å². The lowest BCUT2D eigenvalue weighted by molar-refractivity contribution is -0.122. The van der Waals surface area contributed by atoms with Crippen LogP contribution < -0.4 is 5.32 Å². The zero-order valence-corrected chi connectivity index (χ0v) is 16.5. The van der Waals surface area contributed by atoms with Gasteiger partial charge in [-0.3, -0.25) is 9.78 Å². The number of nitrogens with one attached hydrogen (secondary N) is 1. The van der Waals surface area contributed by atoms with E-state index in [2.05, 4.69) is 15.3 Å². The maximum absolute atomic E-state index is 11.8. The van der Waals surface area contributed by atoms with Crippen LogP contribution in [0.25, 0.3) is 22.5 Å². The van der Waals surface area contributed by atoms with Gasteiger partial charge in [-0.1, -0.05) is 30.3 Å². The molecule has 0 radical (unpaired) electrons. The molecule has 2 heterocycles. The van der Waals surface area contributed by atoms with E-state index in [1.807, 2.05) is 48.7 Å². The van der Waals surface area contributed by atoms with Gasteiger partial charge in [0.2, 0.25) is 5.91 Å². The number of amides is 1. The molecule has 148 valence electrons. The van der Waals surface area contributed by atoms with Gasteiger partial charge < -0.3 is 10.1 Å². The fraction of sp³-hybridized carbons (Fsp3) is 0.304. The van der Waals surface area contributed by atoms with Gasteiger partial charge in [0.1, 0.15) is 5.82 Å². The first kappa shape index (κ1) is 19.2. The van der Waals surface area contributed by atoms with Gasteiger partial charge in [-0.15, -0.1) is 0 Å². The van der Waals surface area contributed by atoms with E-state index in [9.17, 15) is 4.79 Å². The number of benzene rings is 1. The van der Waals surface area contributed by atoms with Crippen LogP contribution in [0.3, 0.4) is 0 Å². The Labute approximate surface area is 170 Å². The highest BCUT2D eigenvalue weighted by Crippen LogP contribution is 2.39. The summed E-state index contributed by atoms with van der Waals surface area (Å²) in [5.41, 5.74) is 4.74. The molecule has 3 aromatic rings. The summed E-state index contributed by atoms with van der Waals surface area (Å²) in [6.45, 7) is 0.922. The van der Waals surface area contributed by atoms with Crippen molar-refractivity contribution in [1.29, 1.82) is 0 Å². The molecule has 1 aliphatic rings. The minimum absolute atomic E-state index is 0.0155. The molecule has 1 aromatic carbocycles. The van der Waals surface area contributed by atoms with E-state index < -0.39 is 0 Å². The number of ether oxygens (including phenoxy) is 1. The first-order chi connectivity index (χ1) is 14.2. The summed E-state index contributed by atoms with van der Waals surface area (Å²) < 4.78 is 4.93. The Morgan fingerprint density at radius 2 is 1.97 bits per heavy atom. The number of rotatable bonds is 8. The number of pyridine rings is 1. The van der Waals surface area contributed by atoms with Gasteiger partial charge in [0.05, 0.1) is 18.0 Å². The molecule has 1 aliphatic carbocycles. The molecule has 0 spiro atoms. The lowest BCUT2D eigenvalue weighted by Crippen LogP contribution is -2.23. The topological polar surface area (TPSA) is 77.0 Å². The van der Waals surface area contributed by atoms with E-state index in [4.69, 9.17) is 9.72 Å². The highest BCUT2D eigenvalue weighted by molar-refractivity contribution is 5.78. The number of nitrogens with zero attached hydrogens (tertiary/aromatic N) is 3. The van der Waals surface area contributed by atoms with Crippen molar-refractivity contribution in [3.63, 3.8) is 0 Å². The third-order valence-electron chi connectivity index (χ3n) is 4.94. The van der Waals surface area contributed by atoms with E-state index in [0.29, 0.717) is 25.5 Å². The van der Waals surface area contributed by atoms with Crippen LogP contribution in [0.4, 0.5) is 0 Å². The number of hydrogen-bond donors (Lipinski definition) is 1. The Morgan fingerprint density at radius 3 is 2.66 bits per heavy atom. The Morgan fingerprint density at radius 1 is 1.14 bits per heavy atom. The first-order valence-electron chi connectivity index (χ1n) is 9.88. The van der Waals surface area contributed by atoms with Gasteiger partial charge in [-0.05, 0) is 30.5 Å². The molecule has 1 N–H and O–H groups in total. The van der Waals surface area contributed by atoms with Crippen LogP contribution in [0.15, 0.2) is 54.9 Å². The van der Waals surface area contributed by atoms with Crippen LogP contribution in [0, 0.1) is 0 Å². The second-order valence-electron chi connectivity index (χ2n) is 7.20. The maximum atomic E-state index is 11.8. The van der Waals surface area contributed by atoms with Gasteiger partial charge in [-0.25, -0.2) is 9.97 Å². The van der Waals surface area contributed by atoms with E-state index in [-0.39, 0.29) is 5.91 Å². The van der Waals surface area contributed by atoms with Crippen molar-refractivity contribution < 1.29 is 9.53 Å². The van der Waals surface area contributed by atoms with Gasteiger partial charge in [0.25, 0.3) is 0 Å². The lowest BCUT2D eigenvalue weighted by atomic mass is 10.0. The third kappa shape index (κ3) is 4.84. The van der Waals surface area contributed by atoms with Crippen molar-refractivity contribution in [1.82, 2.24) is 20.3 Å². The Balaban J connectivity index is 1.57. The number of hydrogen-bond acceptors (Lipinski definition) is 5. The Hall–Kier alpha value is -3.12. The summed E-state index contributed by atoms with van der Waals surface area (Å²) in [5.74, 6) is 1.38. The van der Waals surface area contributed by atoms with E-state index in [1.54, 1.807) is 13.3 Å². The van der Waals surface area contributed by atoms with Crippen LogP contribution in [-0.2, 0) is 16.1 Å². The van der Waals surface area contributed by atoms with Crippen molar-refractivity contribution in [3.8, 4) is 22.5 Å². The minimum Gasteiger partial charge on any atom is -0.384 e. The molecule has 0 unspecified atom stereocenters. The number of aromatic nitrogens is 3. The molecule has 6 nitrogen and oxygen atoms in total. The normalized spacial score (nSPS) is 13.3. The largest absolute Gasteiger partial charge is 0.384 e. The minimum atomic E-state index is -0.0155. The molecule has 0 bridgehead atoms. The fourth-order valence-corrected chi connectivity index (χ4v) is 3.13. The zero-order chi connectivity index (χ0) is 20.1. The molecule has 6 heteroatoms. The SMILES string of the molecule is COCCC(=O)NCc1ccc(-c2nc(C3CC3)ncc2-c2ccccn2)cc1. The molecule has 2 aromatic heterocycles. The van der Waals surface area contributed by atoms with E-state index in [1.165, 1.54) is 0 Å². The molecule has 29 heavy (non-hydrogen) atoms. The molecule has 4 rings (SSSR count). The molecule has 1 fully saturated rings.